The maximum absolute atomic E-state index is 2.66. The van der Waals surface area contributed by atoms with Crippen LogP contribution in [0.4, 0.5) is 0 Å². The van der Waals surface area contributed by atoms with Crippen LogP contribution in [-0.2, 0) is 16.2 Å². The molecule has 0 spiro atoms. The average molecular weight is 870 g/mol. The number of hydrogen-bond donors (Lipinski definition) is 0. The summed E-state index contributed by atoms with van der Waals surface area (Å²) in [6.45, 7) is 21.3. The van der Waals surface area contributed by atoms with Gasteiger partial charge < -0.3 is 8.97 Å². The molecule has 0 saturated carbocycles. The molecule has 14 rings (SSSR count). The molecule has 6 heterocycles. The molecule has 0 bridgehead atoms. The SMILES string of the molecule is CC(C)(C)c1cc(-c2ccc3c(c2)c2ccccc2n3-c2ccccc2)c2c(c1)c1cc(C(C)(C)C)cc3c4c5c6cc(C(C)(C)C)cc7c8c9ccccc9sc8n(c5ccc4n2c13)c67. The normalized spacial score (nSPS) is 13.5. The van der Waals surface area contributed by atoms with E-state index in [2.05, 4.69) is 221 Å². The third-order valence-electron chi connectivity index (χ3n) is 15.1. The van der Waals surface area contributed by atoms with Gasteiger partial charge in [0.25, 0.3) is 0 Å². The van der Waals surface area contributed by atoms with Crippen molar-refractivity contribution in [1.82, 2.24) is 13.4 Å². The number of benzene rings is 8. The molecule has 0 aliphatic carbocycles. The number of rotatable bonds is 2. The van der Waals surface area contributed by atoms with Crippen molar-refractivity contribution in [3.05, 3.63) is 162 Å². The molecular weight excluding hydrogens is 819 g/mol. The summed E-state index contributed by atoms with van der Waals surface area (Å²) in [6.07, 6.45) is 0. The van der Waals surface area contributed by atoms with Gasteiger partial charge in [0.05, 0.1) is 38.6 Å². The molecule has 0 aliphatic rings. The molecule has 14 aromatic rings. The number of aromatic nitrogens is 3. The van der Waals surface area contributed by atoms with Gasteiger partial charge in [-0.05, 0) is 123 Å². The van der Waals surface area contributed by atoms with Crippen molar-refractivity contribution in [2.45, 2.75) is 78.6 Å². The first-order valence-corrected chi connectivity index (χ1v) is 24.4. The summed E-state index contributed by atoms with van der Waals surface area (Å²) in [5.74, 6) is 0. The molecule has 4 heteroatoms. The number of fused-ring (bicyclic) bond motifs is 18. The van der Waals surface area contributed by atoms with Crippen LogP contribution >= 0.6 is 11.3 Å². The van der Waals surface area contributed by atoms with Gasteiger partial charge in [0.15, 0.2) is 0 Å². The summed E-state index contributed by atoms with van der Waals surface area (Å²) in [6, 6.07) is 56.0. The molecule has 320 valence electrons. The average Bonchev–Trinajstić information content (AvgIpc) is 4.13. The fourth-order valence-electron chi connectivity index (χ4n) is 11.8. The van der Waals surface area contributed by atoms with Crippen molar-refractivity contribution in [3.8, 4) is 16.8 Å². The van der Waals surface area contributed by atoms with Crippen molar-refractivity contribution in [1.29, 1.82) is 0 Å². The second kappa shape index (κ2) is 12.5. The lowest BCUT2D eigenvalue weighted by Crippen LogP contribution is -2.11. The Bertz CT molecular complexity index is 4370. The van der Waals surface area contributed by atoms with Crippen LogP contribution in [-0.4, -0.2) is 13.4 Å². The Kier molecular flexibility index (Phi) is 7.28. The molecule has 0 amide bonds. The van der Waals surface area contributed by atoms with E-state index >= 15 is 0 Å². The van der Waals surface area contributed by atoms with Crippen LogP contribution in [0.2, 0.25) is 0 Å². The summed E-state index contributed by atoms with van der Waals surface area (Å²) >= 11 is 1.93. The quantitative estimate of drug-likeness (QED) is 0.164. The van der Waals surface area contributed by atoms with Gasteiger partial charge in [-0.15, -0.1) is 11.3 Å². The first-order chi connectivity index (χ1) is 31.6. The van der Waals surface area contributed by atoms with Crippen LogP contribution in [0.15, 0.2) is 146 Å². The minimum atomic E-state index is -0.0625. The largest absolute Gasteiger partial charge is 0.309 e. The Morgan fingerprint density at radius 2 is 0.864 bits per heavy atom. The molecule has 0 unspecified atom stereocenters. The van der Waals surface area contributed by atoms with Gasteiger partial charge in [0.2, 0.25) is 0 Å². The van der Waals surface area contributed by atoms with E-state index < -0.39 is 0 Å². The summed E-state index contributed by atoms with van der Waals surface area (Å²) in [5.41, 5.74) is 16.6. The summed E-state index contributed by atoms with van der Waals surface area (Å²) in [4.78, 5) is 1.34. The van der Waals surface area contributed by atoms with Crippen LogP contribution in [0.1, 0.15) is 79.0 Å². The molecule has 0 aliphatic heterocycles. The maximum atomic E-state index is 2.66. The van der Waals surface area contributed by atoms with Gasteiger partial charge in [-0.3, -0.25) is 4.40 Å². The molecule has 3 nitrogen and oxygen atoms in total. The second-order valence-electron chi connectivity index (χ2n) is 22.2. The maximum Gasteiger partial charge on any atom is 0.109 e. The smallest absolute Gasteiger partial charge is 0.109 e. The molecule has 66 heavy (non-hydrogen) atoms. The van der Waals surface area contributed by atoms with E-state index in [1.54, 1.807) is 0 Å². The first kappa shape index (κ1) is 38.4. The molecule has 8 aromatic carbocycles. The third kappa shape index (κ3) is 4.93. The van der Waals surface area contributed by atoms with Crippen LogP contribution in [0.3, 0.4) is 0 Å². The Hall–Kier alpha value is -6.88. The molecule has 0 atom stereocenters. The number of hydrogen-bond acceptors (Lipinski definition) is 1. The molecule has 0 saturated heterocycles. The van der Waals surface area contributed by atoms with Crippen molar-refractivity contribution >= 4 is 119 Å². The van der Waals surface area contributed by atoms with Crippen LogP contribution in [0.25, 0.3) is 124 Å². The minimum Gasteiger partial charge on any atom is -0.309 e. The molecular formula is C62H51N3S. The lowest BCUT2D eigenvalue weighted by molar-refractivity contribution is 0.591. The van der Waals surface area contributed by atoms with Gasteiger partial charge in [0.1, 0.15) is 4.83 Å². The predicted octanol–water partition coefficient (Wildman–Crippen LogP) is 17.9. The summed E-state index contributed by atoms with van der Waals surface area (Å²) in [7, 11) is 0. The van der Waals surface area contributed by atoms with E-state index in [1.165, 1.54) is 141 Å². The van der Waals surface area contributed by atoms with Crippen molar-refractivity contribution in [3.63, 3.8) is 0 Å². The van der Waals surface area contributed by atoms with Gasteiger partial charge in [-0.1, -0.05) is 123 Å². The topological polar surface area (TPSA) is 13.8 Å². The van der Waals surface area contributed by atoms with E-state index in [-0.39, 0.29) is 16.2 Å². The van der Waals surface area contributed by atoms with Crippen molar-refractivity contribution < 1.29 is 0 Å². The fraction of sp³-hybridized carbons (Fsp3) is 0.194. The van der Waals surface area contributed by atoms with Gasteiger partial charge in [-0.25, -0.2) is 0 Å². The summed E-state index contributed by atoms with van der Waals surface area (Å²) in [5, 5.41) is 14.7. The van der Waals surface area contributed by atoms with E-state index in [4.69, 9.17) is 0 Å². The zero-order valence-corrected chi connectivity index (χ0v) is 39.9. The van der Waals surface area contributed by atoms with Gasteiger partial charge in [-0.2, -0.15) is 0 Å². The van der Waals surface area contributed by atoms with Crippen LogP contribution in [0.5, 0.6) is 0 Å². The molecule has 0 radical (unpaired) electrons. The monoisotopic (exact) mass is 869 g/mol. The third-order valence-corrected chi connectivity index (χ3v) is 16.3. The van der Waals surface area contributed by atoms with Crippen molar-refractivity contribution in [2.75, 3.05) is 0 Å². The highest BCUT2D eigenvalue weighted by Gasteiger charge is 2.31. The minimum absolute atomic E-state index is 0.0271. The van der Waals surface area contributed by atoms with Crippen molar-refractivity contribution in [2.24, 2.45) is 0 Å². The van der Waals surface area contributed by atoms with E-state index in [1.807, 2.05) is 11.3 Å². The van der Waals surface area contributed by atoms with Gasteiger partial charge in [0, 0.05) is 75.2 Å². The molecule has 0 N–H and O–H groups in total. The van der Waals surface area contributed by atoms with Crippen LogP contribution < -0.4 is 0 Å². The number of nitrogens with zero attached hydrogens (tertiary/aromatic N) is 3. The summed E-state index contributed by atoms with van der Waals surface area (Å²) < 4.78 is 9.05. The zero-order chi connectivity index (χ0) is 44.9. The highest BCUT2D eigenvalue weighted by Crippen LogP contribution is 2.52. The second-order valence-corrected chi connectivity index (χ2v) is 23.3. The standard InChI is InChI=1S/C62H51N3S/c1-60(2,3)35-28-41(34-23-24-49-42(27-34)39-19-13-15-21-48(39)63(49)38-17-11-10-12-18-38)56-43(29-35)44-30-36(61(4,5)6)32-46-54-50(64(56)57(44)46)25-26-51-55(54)47-33-37(62(7,8)9)31-45-53-40-20-14-16-22-52(40)66-59(53)65(51)58(45)47/h10-33H,1-9H3. The molecule has 0 fully saturated rings. The van der Waals surface area contributed by atoms with E-state index in [9.17, 15) is 0 Å². The highest BCUT2D eigenvalue weighted by molar-refractivity contribution is 7.25. The Morgan fingerprint density at radius 1 is 0.364 bits per heavy atom. The Labute approximate surface area is 387 Å². The van der Waals surface area contributed by atoms with E-state index in [0.717, 1.165) is 0 Å². The highest BCUT2D eigenvalue weighted by atomic mass is 32.1. The predicted molar refractivity (Wildman–Crippen MR) is 287 cm³/mol. The Balaban J connectivity index is 1.17. The number of para-hydroxylation sites is 2. The lowest BCUT2D eigenvalue weighted by atomic mass is 9.82. The fourth-order valence-corrected chi connectivity index (χ4v) is 13.0. The Morgan fingerprint density at radius 3 is 1.53 bits per heavy atom. The number of thiophene rings is 1. The van der Waals surface area contributed by atoms with Crippen LogP contribution in [0, 0.1) is 0 Å². The first-order valence-electron chi connectivity index (χ1n) is 23.6. The van der Waals surface area contributed by atoms with E-state index in [0.29, 0.717) is 0 Å². The van der Waals surface area contributed by atoms with Gasteiger partial charge >= 0.3 is 0 Å². The zero-order valence-electron chi connectivity index (χ0n) is 39.1. The molecule has 6 aromatic heterocycles. The lowest BCUT2D eigenvalue weighted by Gasteiger charge is -2.22.